The van der Waals surface area contributed by atoms with Crippen LogP contribution in [0, 0.1) is 0 Å². The van der Waals surface area contributed by atoms with Gasteiger partial charge in [-0.1, -0.05) is 42.5 Å². The zero-order valence-corrected chi connectivity index (χ0v) is 12.9. The predicted octanol–water partition coefficient (Wildman–Crippen LogP) is 2.61. The number of amides is 1. The number of benzene rings is 1. The SMILES string of the molecule is COc1ncc(N)cc1C=CCNC(=O)OCc1ccccc1. The summed E-state index contributed by atoms with van der Waals surface area (Å²) in [6.07, 6.45) is 4.59. The molecule has 0 saturated heterocycles. The maximum absolute atomic E-state index is 11.6. The molecule has 2 aromatic rings. The number of carbonyl (C=O) groups excluding carboxylic acids is 1. The van der Waals surface area contributed by atoms with Gasteiger partial charge in [0, 0.05) is 12.1 Å². The van der Waals surface area contributed by atoms with E-state index in [2.05, 4.69) is 10.3 Å². The lowest BCUT2D eigenvalue weighted by molar-refractivity contribution is 0.141. The highest BCUT2D eigenvalue weighted by Gasteiger charge is 2.02. The quantitative estimate of drug-likeness (QED) is 0.856. The van der Waals surface area contributed by atoms with E-state index in [1.807, 2.05) is 30.3 Å². The third-order valence-electron chi connectivity index (χ3n) is 2.97. The van der Waals surface area contributed by atoms with Gasteiger partial charge in [-0.05, 0) is 11.6 Å². The van der Waals surface area contributed by atoms with E-state index < -0.39 is 6.09 Å². The fourth-order valence-electron chi connectivity index (χ4n) is 1.88. The molecule has 0 unspecified atom stereocenters. The number of alkyl carbamates (subject to hydrolysis) is 1. The summed E-state index contributed by atoms with van der Waals surface area (Å²) in [5.41, 5.74) is 7.91. The fourth-order valence-corrected chi connectivity index (χ4v) is 1.88. The van der Waals surface area contributed by atoms with E-state index in [0.29, 0.717) is 18.1 Å². The average Bonchev–Trinajstić information content (AvgIpc) is 2.58. The molecule has 1 aromatic carbocycles. The van der Waals surface area contributed by atoms with Crippen LogP contribution in [0.1, 0.15) is 11.1 Å². The zero-order valence-electron chi connectivity index (χ0n) is 12.9. The van der Waals surface area contributed by atoms with Crippen LogP contribution < -0.4 is 15.8 Å². The third kappa shape index (κ3) is 5.35. The topological polar surface area (TPSA) is 86.5 Å². The lowest BCUT2D eigenvalue weighted by atomic mass is 10.2. The van der Waals surface area contributed by atoms with Gasteiger partial charge in [0.1, 0.15) is 6.61 Å². The monoisotopic (exact) mass is 313 g/mol. The molecule has 3 N–H and O–H groups in total. The van der Waals surface area contributed by atoms with E-state index in [1.165, 1.54) is 13.3 Å². The molecule has 0 radical (unpaired) electrons. The van der Waals surface area contributed by atoms with Gasteiger partial charge in [-0.15, -0.1) is 0 Å². The van der Waals surface area contributed by atoms with E-state index in [1.54, 1.807) is 18.2 Å². The summed E-state index contributed by atoms with van der Waals surface area (Å²) in [5, 5.41) is 2.63. The number of methoxy groups -OCH3 is 1. The molecule has 0 aliphatic heterocycles. The normalized spacial score (nSPS) is 10.5. The minimum absolute atomic E-state index is 0.239. The highest BCUT2D eigenvalue weighted by Crippen LogP contribution is 2.18. The fraction of sp³-hybridized carbons (Fsp3) is 0.176. The number of aromatic nitrogens is 1. The number of ether oxygens (including phenoxy) is 2. The van der Waals surface area contributed by atoms with Crippen LogP contribution in [0.5, 0.6) is 5.88 Å². The first-order chi connectivity index (χ1) is 11.2. The molecule has 0 spiro atoms. The molecule has 0 bridgehead atoms. The Balaban J connectivity index is 1.78. The smallest absolute Gasteiger partial charge is 0.407 e. The van der Waals surface area contributed by atoms with Crippen molar-refractivity contribution in [1.82, 2.24) is 10.3 Å². The number of rotatable bonds is 6. The first kappa shape index (κ1) is 16.4. The summed E-state index contributed by atoms with van der Waals surface area (Å²) in [6.45, 7) is 0.564. The van der Waals surface area contributed by atoms with Gasteiger partial charge in [-0.25, -0.2) is 9.78 Å². The van der Waals surface area contributed by atoms with Crippen molar-refractivity contribution in [3.05, 3.63) is 59.8 Å². The van der Waals surface area contributed by atoms with E-state index in [9.17, 15) is 4.79 Å². The van der Waals surface area contributed by atoms with Crippen LogP contribution in [-0.2, 0) is 11.3 Å². The van der Waals surface area contributed by atoms with Gasteiger partial charge in [-0.3, -0.25) is 0 Å². The molecule has 6 heteroatoms. The number of nitrogens with zero attached hydrogens (tertiary/aromatic N) is 1. The van der Waals surface area contributed by atoms with E-state index in [4.69, 9.17) is 15.2 Å². The summed E-state index contributed by atoms with van der Waals surface area (Å²) in [7, 11) is 1.54. The Hall–Kier alpha value is -3.02. The van der Waals surface area contributed by atoms with Crippen molar-refractivity contribution in [3.63, 3.8) is 0 Å². The molecule has 0 fully saturated rings. The maximum atomic E-state index is 11.6. The number of hydrogen-bond acceptors (Lipinski definition) is 5. The average molecular weight is 313 g/mol. The number of carbonyl (C=O) groups is 1. The summed E-state index contributed by atoms with van der Waals surface area (Å²) in [6, 6.07) is 11.2. The Labute approximate surface area is 134 Å². The van der Waals surface area contributed by atoms with Crippen molar-refractivity contribution in [2.45, 2.75) is 6.61 Å². The Kier molecular flexibility index (Phi) is 5.99. The summed E-state index contributed by atoms with van der Waals surface area (Å²) < 4.78 is 10.2. The van der Waals surface area contributed by atoms with E-state index in [0.717, 1.165) is 11.1 Å². The molecule has 120 valence electrons. The standard InChI is InChI=1S/C17H19N3O3/c1-22-16-14(10-15(18)11-20-16)8-5-9-19-17(21)23-12-13-6-3-2-4-7-13/h2-8,10-11H,9,12,18H2,1H3,(H,19,21). The van der Waals surface area contributed by atoms with Crippen LogP contribution in [0.4, 0.5) is 10.5 Å². The molecular formula is C17H19N3O3. The zero-order chi connectivity index (χ0) is 16.5. The first-order valence-corrected chi connectivity index (χ1v) is 7.09. The maximum Gasteiger partial charge on any atom is 0.407 e. The van der Waals surface area contributed by atoms with Crippen LogP contribution in [0.2, 0.25) is 0 Å². The van der Waals surface area contributed by atoms with Crippen molar-refractivity contribution in [3.8, 4) is 5.88 Å². The van der Waals surface area contributed by atoms with Gasteiger partial charge >= 0.3 is 6.09 Å². The first-order valence-electron chi connectivity index (χ1n) is 7.09. The van der Waals surface area contributed by atoms with E-state index >= 15 is 0 Å². The van der Waals surface area contributed by atoms with Crippen LogP contribution in [0.3, 0.4) is 0 Å². The van der Waals surface area contributed by atoms with Crippen molar-refractivity contribution in [1.29, 1.82) is 0 Å². The molecule has 0 aliphatic rings. The Morgan fingerprint density at radius 1 is 1.35 bits per heavy atom. The summed E-state index contributed by atoms with van der Waals surface area (Å²) >= 11 is 0. The Bertz CT molecular complexity index is 672. The molecule has 0 saturated carbocycles. The molecule has 1 heterocycles. The van der Waals surface area contributed by atoms with Crippen molar-refractivity contribution in [2.24, 2.45) is 0 Å². The van der Waals surface area contributed by atoms with Gasteiger partial charge in [-0.2, -0.15) is 0 Å². The third-order valence-corrected chi connectivity index (χ3v) is 2.97. The van der Waals surface area contributed by atoms with Crippen molar-refractivity contribution >= 4 is 17.9 Å². The van der Waals surface area contributed by atoms with Gasteiger partial charge in [0.2, 0.25) is 5.88 Å². The summed E-state index contributed by atoms with van der Waals surface area (Å²) in [5.74, 6) is 0.474. The molecular weight excluding hydrogens is 294 g/mol. The molecule has 1 amide bonds. The number of pyridine rings is 1. The van der Waals surface area contributed by atoms with Crippen LogP contribution in [0.15, 0.2) is 48.7 Å². The molecule has 6 nitrogen and oxygen atoms in total. The van der Waals surface area contributed by atoms with Crippen LogP contribution >= 0.6 is 0 Å². The second-order valence-corrected chi connectivity index (χ2v) is 4.71. The lowest BCUT2D eigenvalue weighted by Crippen LogP contribution is -2.24. The molecule has 2 rings (SSSR count). The van der Waals surface area contributed by atoms with Crippen molar-refractivity contribution in [2.75, 3.05) is 19.4 Å². The number of nitrogens with two attached hydrogens (primary N) is 1. The van der Waals surface area contributed by atoms with Gasteiger partial charge in [0.15, 0.2) is 0 Å². The van der Waals surface area contributed by atoms with E-state index in [-0.39, 0.29) is 6.61 Å². The van der Waals surface area contributed by atoms with Crippen LogP contribution in [-0.4, -0.2) is 24.7 Å². The van der Waals surface area contributed by atoms with Crippen molar-refractivity contribution < 1.29 is 14.3 Å². The number of anilines is 1. The lowest BCUT2D eigenvalue weighted by Gasteiger charge is -2.06. The number of nitrogen functional groups attached to an aromatic ring is 1. The molecule has 0 aliphatic carbocycles. The highest BCUT2D eigenvalue weighted by molar-refractivity contribution is 5.68. The van der Waals surface area contributed by atoms with Gasteiger partial charge in [0.25, 0.3) is 0 Å². The number of nitrogens with one attached hydrogen (secondary N) is 1. The second-order valence-electron chi connectivity index (χ2n) is 4.71. The molecule has 1 aromatic heterocycles. The minimum atomic E-state index is -0.476. The largest absolute Gasteiger partial charge is 0.481 e. The minimum Gasteiger partial charge on any atom is -0.481 e. The predicted molar refractivity (Wildman–Crippen MR) is 88.9 cm³/mol. The second kappa shape index (κ2) is 8.43. The summed E-state index contributed by atoms with van der Waals surface area (Å²) in [4.78, 5) is 15.6. The van der Waals surface area contributed by atoms with Gasteiger partial charge in [0.05, 0.1) is 19.0 Å². The van der Waals surface area contributed by atoms with Crippen LogP contribution in [0.25, 0.3) is 6.08 Å². The Morgan fingerprint density at radius 3 is 2.87 bits per heavy atom. The molecule has 0 atom stereocenters. The Morgan fingerprint density at radius 2 is 2.13 bits per heavy atom. The molecule has 23 heavy (non-hydrogen) atoms. The van der Waals surface area contributed by atoms with Gasteiger partial charge < -0.3 is 20.5 Å². The number of hydrogen-bond donors (Lipinski definition) is 2. The highest BCUT2D eigenvalue weighted by atomic mass is 16.5.